The van der Waals surface area contributed by atoms with Crippen LogP contribution in [0.3, 0.4) is 0 Å². The van der Waals surface area contributed by atoms with Crippen molar-refractivity contribution in [3.05, 3.63) is 137 Å². The highest BCUT2D eigenvalue weighted by atomic mass is 32.2. The Morgan fingerprint density at radius 1 is 0.889 bits per heavy atom. The zero-order valence-electron chi connectivity index (χ0n) is 23.7. The van der Waals surface area contributed by atoms with Gasteiger partial charge < -0.3 is 20.5 Å². The Balaban J connectivity index is 1.50. The average molecular weight is 636 g/mol. The number of rotatable bonds is 13. The van der Waals surface area contributed by atoms with Gasteiger partial charge in [-0.1, -0.05) is 42.5 Å². The lowest BCUT2D eigenvalue weighted by molar-refractivity contribution is -0.140. The van der Waals surface area contributed by atoms with Crippen LogP contribution in [0.2, 0.25) is 0 Å². The molecule has 1 aromatic heterocycles. The zero-order valence-corrected chi connectivity index (χ0v) is 24.5. The van der Waals surface area contributed by atoms with Crippen molar-refractivity contribution < 1.29 is 37.4 Å². The molecule has 4 rings (SSSR count). The van der Waals surface area contributed by atoms with Gasteiger partial charge in [0.15, 0.2) is 0 Å². The van der Waals surface area contributed by atoms with Crippen molar-refractivity contribution in [1.29, 1.82) is 0 Å². The normalized spacial score (nSPS) is 12.2. The Bertz CT molecular complexity index is 1620. The van der Waals surface area contributed by atoms with E-state index >= 15 is 0 Å². The van der Waals surface area contributed by atoms with Gasteiger partial charge in [-0.2, -0.15) is 24.9 Å². The van der Waals surface area contributed by atoms with Crippen LogP contribution >= 0.6 is 11.8 Å². The Morgan fingerprint density at radius 3 is 2.18 bits per heavy atom. The third kappa shape index (κ3) is 10.2. The highest BCUT2D eigenvalue weighted by molar-refractivity contribution is 7.98. The summed E-state index contributed by atoms with van der Waals surface area (Å²) in [5.41, 5.74) is 0.995. The van der Waals surface area contributed by atoms with Gasteiger partial charge in [-0.05, 0) is 71.3 Å². The molecule has 0 aliphatic rings. The number of carboxylic acid groups (broad SMARTS) is 1. The lowest BCUT2D eigenvalue weighted by Crippen LogP contribution is -2.45. The summed E-state index contributed by atoms with van der Waals surface area (Å²) in [7, 11) is 0. The lowest BCUT2D eigenvalue weighted by atomic mass is 10.1. The van der Waals surface area contributed by atoms with Gasteiger partial charge in [0.2, 0.25) is 0 Å². The van der Waals surface area contributed by atoms with E-state index in [0.29, 0.717) is 23.7 Å². The molecule has 0 aliphatic heterocycles. The number of benzene rings is 3. The molecule has 8 nitrogen and oxygen atoms in total. The van der Waals surface area contributed by atoms with E-state index in [1.165, 1.54) is 17.8 Å². The first kappa shape index (κ1) is 32.8. The van der Waals surface area contributed by atoms with Gasteiger partial charge in [-0.3, -0.25) is 14.6 Å². The molecule has 1 atom stereocenters. The number of ether oxygens (including phenoxy) is 1. The Morgan fingerprint density at radius 2 is 1.56 bits per heavy atom. The van der Waals surface area contributed by atoms with Crippen molar-refractivity contribution in [3.8, 4) is 5.75 Å². The third-order valence-corrected chi connectivity index (χ3v) is 7.42. The molecule has 0 radical (unpaired) electrons. The van der Waals surface area contributed by atoms with Crippen molar-refractivity contribution in [2.24, 2.45) is 0 Å². The number of nitrogens with one attached hydrogen (secondary N) is 2. The van der Waals surface area contributed by atoms with Crippen molar-refractivity contribution in [1.82, 2.24) is 15.6 Å². The molecule has 0 bridgehead atoms. The summed E-state index contributed by atoms with van der Waals surface area (Å²) < 4.78 is 44.7. The molecule has 45 heavy (non-hydrogen) atoms. The van der Waals surface area contributed by atoms with Crippen LogP contribution in [0.15, 0.2) is 109 Å². The topological polar surface area (TPSA) is 118 Å². The SMILES string of the molecule is O=C(NC(CSCc1ccccc1)C(=O)O)C(=Cc1ccc(OCc2ccncc2)cc1)NC(=O)c1ccc(C(F)(F)F)cc1. The number of pyridine rings is 1. The second-order valence-electron chi connectivity index (χ2n) is 9.67. The number of hydrogen-bond acceptors (Lipinski definition) is 6. The molecule has 1 unspecified atom stereocenters. The van der Waals surface area contributed by atoms with Crippen LogP contribution in [0.4, 0.5) is 13.2 Å². The fourth-order valence-electron chi connectivity index (χ4n) is 3.92. The maximum Gasteiger partial charge on any atom is 0.416 e. The van der Waals surface area contributed by atoms with Crippen LogP contribution in [0.5, 0.6) is 5.75 Å². The maximum absolute atomic E-state index is 13.3. The summed E-state index contributed by atoms with van der Waals surface area (Å²) in [6.07, 6.45) is 0.0442. The van der Waals surface area contributed by atoms with E-state index < -0.39 is 35.6 Å². The van der Waals surface area contributed by atoms with E-state index in [1.54, 1.807) is 36.7 Å². The standard InChI is InChI=1S/C33H28F3N3O5S/c34-33(35,36)26-10-8-25(9-11-26)30(40)38-28(18-22-6-12-27(13-7-22)44-19-23-14-16-37-17-15-23)31(41)39-29(32(42)43)21-45-20-24-4-2-1-3-5-24/h1-18,29H,19-21H2,(H,38,40)(H,39,41)(H,42,43). The number of alkyl halides is 3. The Hall–Kier alpha value is -5.10. The maximum atomic E-state index is 13.3. The van der Waals surface area contributed by atoms with Crippen molar-refractivity contribution in [2.75, 3.05) is 5.75 Å². The zero-order chi connectivity index (χ0) is 32.2. The molecule has 2 amide bonds. The number of carbonyl (C=O) groups excluding carboxylic acids is 2. The molecule has 232 valence electrons. The van der Waals surface area contributed by atoms with Crippen LogP contribution < -0.4 is 15.4 Å². The first-order chi connectivity index (χ1) is 21.6. The number of thioether (sulfide) groups is 1. The highest BCUT2D eigenvalue weighted by Gasteiger charge is 2.30. The van der Waals surface area contributed by atoms with Gasteiger partial charge in [0.05, 0.1) is 5.56 Å². The fourth-order valence-corrected chi connectivity index (χ4v) is 4.92. The van der Waals surface area contributed by atoms with Crippen LogP contribution in [0.25, 0.3) is 6.08 Å². The fraction of sp³-hybridized carbons (Fsp3) is 0.152. The molecule has 3 N–H and O–H groups in total. The molecule has 4 aromatic rings. The van der Waals surface area contributed by atoms with Crippen LogP contribution in [0.1, 0.15) is 32.6 Å². The van der Waals surface area contributed by atoms with E-state index in [9.17, 15) is 32.7 Å². The first-order valence-electron chi connectivity index (χ1n) is 13.6. The molecular weight excluding hydrogens is 607 g/mol. The quantitative estimate of drug-likeness (QED) is 0.155. The monoisotopic (exact) mass is 635 g/mol. The summed E-state index contributed by atoms with van der Waals surface area (Å²) in [4.78, 5) is 42.2. The van der Waals surface area contributed by atoms with Gasteiger partial charge in [0, 0.05) is 29.5 Å². The molecular formula is C33H28F3N3O5S. The summed E-state index contributed by atoms with van der Waals surface area (Å²) >= 11 is 1.31. The largest absolute Gasteiger partial charge is 0.489 e. The Labute approximate surface area is 261 Å². The highest BCUT2D eigenvalue weighted by Crippen LogP contribution is 2.29. The molecule has 3 aromatic carbocycles. The van der Waals surface area contributed by atoms with E-state index in [0.717, 1.165) is 35.4 Å². The number of aliphatic carboxylic acids is 1. The van der Waals surface area contributed by atoms with Crippen molar-refractivity contribution in [2.45, 2.75) is 24.6 Å². The number of nitrogens with zero attached hydrogens (tertiary/aromatic N) is 1. The third-order valence-electron chi connectivity index (χ3n) is 6.31. The number of halogens is 3. The molecule has 1 heterocycles. The first-order valence-corrected chi connectivity index (χ1v) is 14.7. The van der Waals surface area contributed by atoms with E-state index in [-0.39, 0.29) is 17.0 Å². The second kappa shape index (κ2) is 15.6. The predicted octanol–water partition coefficient (Wildman–Crippen LogP) is 5.95. The number of carboxylic acids is 1. The molecule has 0 spiro atoms. The van der Waals surface area contributed by atoms with Crippen LogP contribution in [-0.4, -0.2) is 39.7 Å². The minimum atomic E-state index is -4.58. The smallest absolute Gasteiger partial charge is 0.416 e. The summed E-state index contributed by atoms with van der Waals surface area (Å²) in [6, 6.07) is 21.8. The number of hydrogen-bond donors (Lipinski definition) is 3. The van der Waals surface area contributed by atoms with Gasteiger partial charge in [-0.15, -0.1) is 0 Å². The van der Waals surface area contributed by atoms with Gasteiger partial charge in [0.1, 0.15) is 24.1 Å². The minimum absolute atomic E-state index is 0.0413. The number of aromatic nitrogens is 1. The van der Waals surface area contributed by atoms with Gasteiger partial charge in [0.25, 0.3) is 11.8 Å². The molecule has 0 fully saturated rings. The van der Waals surface area contributed by atoms with E-state index in [1.807, 2.05) is 42.5 Å². The molecule has 0 aliphatic carbocycles. The van der Waals surface area contributed by atoms with E-state index in [2.05, 4.69) is 15.6 Å². The summed E-state index contributed by atoms with van der Waals surface area (Å²) in [5, 5.41) is 14.6. The van der Waals surface area contributed by atoms with E-state index in [4.69, 9.17) is 4.74 Å². The molecule has 0 saturated heterocycles. The summed E-state index contributed by atoms with van der Waals surface area (Å²) in [6.45, 7) is 0.299. The van der Waals surface area contributed by atoms with Crippen LogP contribution in [-0.2, 0) is 28.1 Å². The Kier molecular flexibility index (Phi) is 11.4. The van der Waals surface area contributed by atoms with Gasteiger partial charge in [-0.25, -0.2) is 4.79 Å². The predicted molar refractivity (Wildman–Crippen MR) is 164 cm³/mol. The van der Waals surface area contributed by atoms with Crippen molar-refractivity contribution in [3.63, 3.8) is 0 Å². The number of carbonyl (C=O) groups is 3. The van der Waals surface area contributed by atoms with Gasteiger partial charge >= 0.3 is 12.1 Å². The number of amides is 2. The van der Waals surface area contributed by atoms with Crippen molar-refractivity contribution >= 4 is 35.6 Å². The minimum Gasteiger partial charge on any atom is -0.489 e. The molecule has 0 saturated carbocycles. The second-order valence-corrected chi connectivity index (χ2v) is 10.7. The molecule has 12 heteroatoms. The average Bonchev–Trinajstić information content (AvgIpc) is 3.04. The van der Waals surface area contributed by atoms with Crippen LogP contribution in [0, 0.1) is 0 Å². The lowest BCUT2D eigenvalue weighted by Gasteiger charge is -2.17. The summed E-state index contributed by atoms with van der Waals surface area (Å²) in [5.74, 6) is -1.92.